The molecule has 128 valence electrons. The number of benzene rings is 2. The molecule has 0 saturated heterocycles. The van der Waals surface area contributed by atoms with Crippen molar-refractivity contribution in [1.29, 1.82) is 0 Å². The van der Waals surface area contributed by atoms with Gasteiger partial charge in [0.15, 0.2) is 0 Å². The third kappa shape index (κ3) is 3.51. The van der Waals surface area contributed by atoms with Gasteiger partial charge in [0, 0.05) is 37.1 Å². The van der Waals surface area contributed by atoms with Crippen LogP contribution in [0.1, 0.15) is 22.7 Å². The maximum atomic E-state index is 5.77. The summed E-state index contributed by atoms with van der Waals surface area (Å²) in [6, 6.07) is 14.9. The first kappa shape index (κ1) is 15.7. The number of aromatic nitrogens is 2. The van der Waals surface area contributed by atoms with E-state index >= 15 is 0 Å². The van der Waals surface area contributed by atoms with Crippen LogP contribution in [-0.2, 0) is 13.1 Å². The van der Waals surface area contributed by atoms with Gasteiger partial charge < -0.3 is 19.4 Å². The molecule has 5 nitrogen and oxygen atoms in total. The molecular weight excluding hydrogens is 314 g/mol. The van der Waals surface area contributed by atoms with Crippen molar-refractivity contribution in [2.24, 2.45) is 0 Å². The molecule has 1 aliphatic rings. The molecule has 0 spiro atoms. The van der Waals surface area contributed by atoms with Gasteiger partial charge in [-0.25, -0.2) is 4.98 Å². The first-order chi connectivity index (χ1) is 12.3. The molecule has 2 heterocycles. The van der Waals surface area contributed by atoms with E-state index in [9.17, 15) is 0 Å². The van der Waals surface area contributed by atoms with Gasteiger partial charge in [0.2, 0.25) is 0 Å². The zero-order chi connectivity index (χ0) is 17.1. The summed E-state index contributed by atoms with van der Waals surface area (Å²) in [6.07, 6.45) is 5.61. The lowest BCUT2D eigenvalue weighted by atomic mass is 10.1. The molecule has 0 aliphatic carbocycles. The predicted octanol–water partition coefficient (Wildman–Crippen LogP) is 3.16. The summed E-state index contributed by atoms with van der Waals surface area (Å²) in [4.78, 5) is 4.07. The maximum Gasteiger partial charge on any atom is 0.127 e. The van der Waals surface area contributed by atoms with Crippen LogP contribution >= 0.6 is 0 Å². The molecular formula is C20H21N3O2. The van der Waals surface area contributed by atoms with Crippen LogP contribution < -0.4 is 14.8 Å². The molecule has 0 fully saturated rings. The van der Waals surface area contributed by atoms with Crippen LogP contribution in [0.15, 0.2) is 61.2 Å². The summed E-state index contributed by atoms with van der Waals surface area (Å²) in [6.45, 7) is 2.31. The van der Waals surface area contributed by atoms with Crippen LogP contribution in [0.25, 0.3) is 0 Å². The van der Waals surface area contributed by atoms with Gasteiger partial charge in [-0.15, -0.1) is 0 Å². The topological polar surface area (TPSA) is 48.3 Å². The third-order valence-electron chi connectivity index (χ3n) is 4.50. The fraction of sp³-hybridized carbons (Fsp3) is 0.250. The Morgan fingerprint density at radius 2 is 2.04 bits per heavy atom. The lowest BCUT2D eigenvalue weighted by Gasteiger charge is -2.12. The van der Waals surface area contributed by atoms with E-state index in [4.69, 9.17) is 9.47 Å². The Hall–Kier alpha value is -2.79. The van der Waals surface area contributed by atoms with Gasteiger partial charge in [-0.05, 0) is 23.3 Å². The number of hydrogen-bond acceptors (Lipinski definition) is 4. The highest BCUT2D eigenvalue weighted by atomic mass is 16.5. The average molecular weight is 335 g/mol. The van der Waals surface area contributed by atoms with Gasteiger partial charge in [0.25, 0.3) is 0 Å². The highest BCUT2D eigenvalue weighted by Crippen LogP contribution is 2.35. The van der Waals surface area contributed by atoms with Crippen molar-refractivity contribution < 1.29 is 9.47 Å². The number of imidazole rings is 1. The van der Waals surface area contributed by atoms with Crippen LogP contribution in [0.5, 0.6) is 11.5 Å². The number of rotatable bonds is 6. The highest BCUT2D eigenvalue weighted by molar-refractivity contribution is 5.45. The number of nitrogens with zero attached hydrogens (tertiary/aromatic N) is 2. The van der Waals surface area contributed by atoms with Gasteiger partial charge in [-0.2, -0.15) is 0 Å². The van der Waals surface area contributed by atoms with Crippen LogP contribution in [0.3, 0.4) is 0 Å². The Morgan fingerprint density at radius 1 is 1.20 bits per heavy atom. The predicted molar refractivity (Wildman–Crippen MR) is 95.8 cm³/mol. The number of fused-ring (bicyclic) bond motifs is 1. The number of hydrogen-bond donors (Lipinski definition) is 1. The first-order valence-corrected chi connectivity index (χ1v) is 8.39. The smallest absolute Gasteiger partial charge is 0.127 e. The summed E-state index contributed by atoms with van der Waals surface area (Å²) in [7, 11) is 1.67. The normalized spacial score (nSPS) is 15.6. The second-order valence-corrected chi connectivity index (χ2v) is 6.20. The molecule has 3 aromatic rings. The Morgan fingerprint density at radius 3 is 2.80 bits per heavy atom. The van der Waals surface area contributed by atoms with E-state index in [2.05, 4.69) is 45.2 Å². The van der Waals surface area contributed by atoms with E-state index in [1.807, 2.05) is 24.7 Å². The van der Waals surface area contributed by atoms with Crippen molar-refractivity contribution in [3.63, 3.8) is 0 Å². The molecule has 1 N–H and O–H groups in total. The molecule has 0 saturated carbocycles. The minimum absolute atomic E-state index is 0.214. The number of methoxy groups -OCH3 is 1. The molecule has 1 atom stereocenters. The Bertz CT molecular complexity index is 829. The van der Waals surface area contributed by atoms with Crippen LogP contribution in [0, 0.1) is 0 Å². The summed E-state index contributed by atoms with van der Waals surface area (Å²) in [5, 5.41) is 3.58. The Labute approximate surface area is 147 Å². The van der Waals surface area contributed by atoms with E-state index in [1.165, 1.54) is 16.7 Å². The number of ether oxygens (including phenoxy) is 2. The molecule has 5 heteroatoms. The molecule has 0 amide bonds. The third-order valence-corrected chi connectivity index (χ3v) is 4.50. The lowest BCUT2D eigenvalue weighted by Crippen LogP contribution is -2.21. The average Bonchev–Trinajstić information content (AvgIpc) is 3.30. The fourth-order valence-electron chi connectivity index (χ4n) is 3.08. The van der Waals surface area contributed by atoms with Crippen molar-refractivity contribution in [2.75, 3.05) is 13.7 Å². The molecule has 4 rings (SSSR count). The van der Waals surface area contributed by atoms with E-state index in [0.29, 0.717) is 6.61 Å². The Kier molecular flexibility index (Phi) is 4.39. The minimum atomic E-state index is 0.214. The van der Waals surface area contributed by atoms with Crippen LogP contribution in [-0.4, -0.2) is 23.3 Å². The largest absolute Gasteiger partial charge is 0.497 e. The van der Waals surface area contributed by atoms with E-state index in [-0.39, 0.29) is 6.04 Å². The van der Waals surface area contributed by atoms with Crippen molar-refractivity contribution in [3.05, 3.63) is 77.9 Å². The summed E-state index contributed by atoms with van der Waals surface area (Å²) >= 11 is 0. The van der Waals surface area contributed by atoms with E-state index < -0.39 is 0 Å². The van der Waals surface area contributed by atoms with Gasteiger partial charge in [-0.1, -0.05) is 24.3 Å². The molecule has 0 bridgehead atoms. The molecule has 0 radical (unpaired) electrons. The SMILES string of the molecule is COc1ccc2c(c1)OCC2NCc1ccc(Cn2ccnc2)cc1. The quantitative estimate of drug-likeness (QED) is 0.752. The lowest BCUT2D eigenvalue weighted by molar-refractivity contribution is 0.309. The number of nitrogens with one attached hydrogen (secondary N) is 1. The zero-order valence-corrected chi connectivity index (χ0v) is 14.2. The van der Waals surface area contributed by atoms with Gasteiger partial charge >= 0.3 is 0 Å². The van der Waals surface area contributed by atoms with Gasteiger partial charge in [0.1, 0.15) is 18.1 Å². The van der Waals surface area contributed by atoms with Gasteiger partial charge in [0.05, 0.1) is 19.5 Å². The second-order valence-electron chi connectivity index (χ2n) is 6.20. The minimum Gasteiger partial charge on any atom is -0.497 e. The first-order valence-electron chi connectivity index (χ1n) is 8.39. The van der Waals surface area contributed by atoms with Crippen molar-refractivity contribution in [1.82, 2.24) is 14.9 Å². The van der Waals surface area contributed by atoms with E-state index in [1.54, 1.807) is 13.3 Å². The van der Waals surface area contributed by atoms with E-state index in [0.717, 1.165) is 24.6 Å². The van der Waals surface area contributed by atoms with Gasteiger partial charge in [-0.3, -0.25) is 0 Å². The summed E-state index contributed by atoms with van der Waals surface area (Å²) in [5.74, 6) is 1.74. The fourth-order valence-corrected chi connectivity index (χ4v) is 3.08. The molecule has 1 unspecified atom stereocenters. The molecule has 25 heavy (non-hydrogen) atoms. The summed E-state index contributed by atoms with van der Waals surface area (Å²) in [5.41, 5.74) is 3.72. The molecule has 1 aliphatic heterocycles. The molecule has 1 aromatic heterocycles. The molecule has 2 aromatic carbocycles. The van der Waals surface area contributed by atoms with Crippen LogP contribution in [0.4, 0.5) is 0 Å². The monoisotopic (exact) mass is 335 g/mol. The highest BCUT2D eigenvalue weighted by Gasteiger charge is 2.23. The zero-order valence-electron chi connectivity index (χ0n) is 14.2. The van der Waals surface area contributed by atoms with Crippen LogP contribution in [0.2, 0.25) is 0 Å². The van der Waals surface area contributed by atoms with Crippen molar-refractivity contribution in [2.45, 2.75) is 19.1 Å². The summed E-state index contributed by atoms with van der Waals surface area (Å²) < 4.78 is 13.1. The van der Waals surface area contributed by atoms with Crippen molar-refractivity contribution >= 4 is 0 Å². The Balaban J connectivity index is 1.36. The standard InChI is InChI=1S/C20H21N3O2/c1-24-17-6-7-18-19(13-25-20(18)10-17)22-11-15-2-4-16(5-3-15)12-23-9-8-21-14-23/h2-10,14,19,22H,11-13H2,1H3. The maximum absolute atomic E-state index is 5.77. The van der Waals surface area contributed by atoms with Crippen molar-refractivity contribution in [3.8, 4) is 11.5 Å². The second kappa shape index (κ2) is 6.99.